The molecule has 4 heteroatoms. The maximum absolute atomic E-state index is 10.7. The minimum atomic E-state index is -0.264. The third kappa shape index (κ3) is 5.60. The number of rotatable bonds is 7. The van der Waals surface area contributed by atoms with Gasteiger partial charge >= 0.3 is 0 Å². The van der Waals surface area contributed by atoms with E-state index in [9.17, 15) is 4.79 Å². The second-order valence-electron chi connectivity index (χ2n) is 3.27. The number of hydrogen-bond donors (Lipinski definition) is 2. The van der Waals surface area contributed by atoms with Crippen molar-refractivity contribution in [2.45, 2.75) is 26.3 Å². The van der Waals surface area contributed by atoms with Gasteiger partial charge in [0.2, 0.25) is 5.91 Å². The molecule has 13 heavy (non-hydrogen) atoms. The van der Waals surface area contributed by atoms with Crippen LogP contribution in [0.25, 0.3) is 0 Å². The zero-order valence-electron chi connectivity index (χ0n) is 8.67. The van der Waals surface area contributed by atoms with Gasteiger partial charge in [0.05, 0.1) is 6.61 Å². The first-order valence-electron chi connectivity index (χ1n) is 4.63. The summed E-state index contributed by atoms with van der Waals surface area (Å²) in [7, 11) is 1.67. The van der Waals surface area contributed by atoms with Crippen LogP contribution in [0.2, 0.25) is 0 Å². The number of carbonyl (C=O) groups excluding carboxylic acids is 1. The van der Waals surface area contributed by atoms with Gasteiger partial charge in [0.15, 0.2) is 0 Å². The van der Waals surface area contributed by atoms with Crippen LogP contribution in [0.15, 0.2) is 0 Å². The lowest BCUT2D eigenvalue weighted by Gasteiger charge is -2.17. The van der Waals surface area contributed by atoms with Crippen molar-refractivity contribution in [2.24, 2.45) is 11.7 Å². The van der Waals surface area contributed by atoms with Crippen LogP contribution in [0, 0.1) is 5.92 Å². The third-order valence-corrected chi connectivity index (χ3v) is 2.06. The Hall–Kier alpha value is -0.610. The summed E-state index contributed by atoms with van der Waals surface area (Å²) in [6.07, 6.45) is 0.985. The Morgan fingerprint density at radius 1 is 1.62 bits per heavy atom. The molecule has 0 aliphatic carbocycles. The highest BCUT2D eigenvalue weighted by molar-refractivity contribution is 5.76. The van der Waals surface area contributed by atoms with Gasteiger partial charge in [-0.3, -0.25) is 4.79 Å². The first kappa shape index (κ1) is 12.4. The van der Waals surface area contributed by atoms with E-state index in [2.05, 4.69) is 12.2 Å². The standard InChI is InChI=1S/C9H20N2O2/c1-4-8(6-13-3)11-5-7(2)9(10)12/h7-8,11H,4-6H2,1-3H3,(H2,10,12). The monoisotopic (exact) mass is 188 g/mol. The Balaban J connectivity index is 3.64. The molecule has 0 rings (SSSR count). The quantitative estimate of drug-likeness (QED) is 0.596. The molecule has 0 aliphatic rings. The van der Waals surface area contributed by atoms with Gasteiger partial charge in [-0.1, -0.05) is 13.8 Å². The van der Waals surface area contributed by atoms with E-state index in [1.807, 2.05) is 6.92 Å². The van der Waals surface area contributed by atoms with Crippen LogP contribution < -0.4 is 11.1 Å². The molecular weight excluding hydrogens is 168 g/mol. The number of ether oxygens (including phenoxy) is 1. The van der Waals surface area contributed by atoms with Gasteiger partial charge in [0, 0.05) is 25.6 Å². The fraction of sp³-hybridized carbons (Fsp3) is 0.889. The van der Waals surface area contributed by atoms with Gasteiger partial charge in [-0.15, -0.1) is 0 Å². The molecule has 0 fully saturated rings. The number of carbonyl (C=O) groups is 1. The fourth-order valence-electron chi connectivity index (χ4n) is 0.966. The zero-order valence-corrected chi connectivity index (χ0v) is 8.67. The SMILES string of the molecule is CCC(COC)NCC(C)C(N)=O. The molecular formula is C9H20N2O2. The normalized spacial score (nSPS) is 15.3. The van der Waals surface area contributed by atoms with Gasteiger partial charge < -0.3 is 15.8 Å². The summed E-state index contributed by atoms with van der Waals surface area (Å²) in [5.41, 5.74) is 5.13. The topological polar surface area (TPSA) is 64.3 Å². The lowest BCUT2D eigenvalue weighted by atomic mass is 10.1. The second kappa shape index (κ2) is 6.86. The molecule has 0 aliphatic heterocycles. The number of primary amides is 1. The Kier molecular flexibility index (Phi) is 6.54. The maximum Gasteiger partial charge on any atom is 0.221 e. The van der Waals surface area contributed by atoms with Gasteiger partial charge in [-0.2, -0.15) is 0 Å². The molecule has 3 N–H and O–H groups in total. The van der Waals surface area contributed by atoms with Gasteiger partial charge in [0.1, 0.15) is 0 Å². The van der Waals surface area contributed by atoms with E-state index in [-0.39, 0.29) is 11.8 Å². The molecule has 0 spiro atoms. The highest BCUT2D eigenvalue weighted by Crippen LogP contribution is 1.95. The molecule has 0 aromatic carbocycles. The number of hydrogen-bond acceptors (Lipinski definition) is 3. The molecule has 2 unspecified atom stereocenters. The zero-order chi connectivity index (χ0) is 10.3. The van der Waals surface area contributed by atoms with E-state index in [1.165, 1.54) is 0 Å². The molecule has 0 saturated carbocycles. The molecule has 0 bridgehead atoms. The summed E-state index contributed by atoms with van der Waals surface area (Å²) in [5.74, 6) is -0.384. The smallest absolute Gasteiger partial charge is 0.221 e. The largest absolute Gasteiger partial charge is 0.383 e. The molecule has 2 atom stereocenters. The van der Waals surface area contributed by atoms with Crippen molar-refractivity contribution in [3.63, 3.8) is 0 Å². The molecule has 1 amide bonds. The van der Waals surface area contributed by atoms with Gasteiger partial charge in [0.25, 0.3) is 0 Å². The van der Waals surface area contributed by atoms with E-state index in [0.717, 1.165) is 6.42 Å². The van der Waals surface area contributed by atoms with Crippen molar-refractivity contribution in [1.29, 1.82) is 0 Å². The Morgan fingerprint density at radius 2 is 2.23 bits per heavy atom. The summed E-state index contributed by atoms with van der Waals surface area (Å²) in [6.45, 7) is 5.18. The van der Waals surface area contributed by atoms with Crippen LogP contribution in [-0.4, -0.2) is 32.2 Å². The van der Waals surface area contributed by atoms with E-state index >= 15 is 0 Å². The molecule has 0 radical (unpaired) electrons. The Labute approximate surface area is 79.8 Å². The molecule has 4 nitrogen and oxygen atoms in total. The highest BCUT2D eigenvalue weighted by Gasteiger charge is 2.11. The number of nitrogens with one attached hydrogen (secondary N) is 1. The van der Waals surface area contributed by atoms with Crippen molar-refractivity contribution < 1.29 is 9.53 Å². The lowest BCUT2D eigenvalue weighted by Crippen LogP contribution is -2.39. The number of nitrogens with two attached hydrogens (primary N) is 1. The van der Waals surface area contributed by atoms with Crippen molar-refractivity contribution >= 4 is 5.91 Å². The van der Waals surface area contributed by atoms with Crippen LogP contribution >= 0.6 is 0 Å². The third-order valence-electron chi connectivity index (χ3n) is 2.06. The van der Waals surface area contributed by atoms with Crippen LogP contribution in [0.1, 0.15) is 20.3 Å². The number of amides is 1. The average molecular weight is 188 g/mol. The molecule has 0 heterocycles. The van der Waals surface area contributed by atoms with Crippen molar-refractivity contribution in [3.05, 3.63) is 0 Å². The van der Waals surface area contributed by atoms with Crippen LogP contribution in [0.5, 0.6) is 0 Å². The van der Waals surface area contributed by atoms with E-state index in [4.69, 9.17) is 10.5 Å². The lowest BCUT2D eigenvalue weighted by molar-refractivity contribution is -0.121. The van der Waals surface area contributed by atoms with Crippen molar-refractivity contribution in [3.8, 4) is 0 Å². The maximum atomic E-state index is 10.7. The second-order valence-corrected chi connectivity index (χ2v) is 3.27. The summed E-state index contributed by atoms with van der Waals surface area (Å²) in [5, 5.41) is 3.23. The predicted octanol–water partition coefficient (Wildman–Crippen LogP) is 0.122. The first-order valence-corrected chi connectivity index (χ1v) is 4.63. The average Bonchev–Trinajstić information content (AvgIpc) is 2.11. The summed E-state index contributed by atoms with van der Waals surface area (Å²) < 4.78 is 5.01. The number of methoxy groups -OCH3 is 1. The van der Waals surface area contributed by atoms with E-state index in [1.54, 1.807) is 7.11 Å². The van der Waals surface area contributed by atoms with E-state index in [0.29, 0.717) is 19.2 Å². The predicted molar refractivity (Wildman–Crippen MR) is 52.3 cm³/mol. The van der Waals surface area contributed by atoms with Crippen LogP contribution in [0.4, 0.5) is 0 Å². The fourth-order valence-corrected chi connectivity index (χ4v) is 0.966. The highest BCUT2D eigenvalue weighted by atomic mass is 16.5. The van der Waals surface area contributed by atoms with Gasteiger partial charge in [-0.05, 0) is 6.42 Å². The minimum absolute atomic E-state index is 0.120. The molecule has 0 aromatic heterocycles. The van der Waals surface area contributed by atoms with Crippen molar-refractivity contribution in [2.75, 3.05) is 20.3 Å². The molecule has 0 aromatic rings. The van der Waals surface area contributed by atoms with Crippen LogP contribution in [-0.2, 0) is 9.53 Å². The minimum Gasteiger partial charge on any atom is -0.383 e. The molecule has 78 valence electrons. The summed E-state index contributed by atoms with van der Waals surface area (Å²) in [6, 6.07) is 0.312. The van der Waals surface area contributed by atoms with Crippen LogP contribution in [0.3, 0.4) is 0 Å². The van der Waals surface area contributed by atoms with E-state index < -0.39 is 0 Å². The molecule has 0 saturated heterocycles. The Bertz CT molecular complexity index is 151. The van der Waals surface area contributed by atoms with Crippen molar-refractivity contribution in [1.82, 2.24) is 5.32 Å². The summed E-state index contributed by atoms with van der Waals surface area (Å²) >= 11 is 0. The van der Waals surface area contributed by atoms with Gasteiger partial charge in [-0.25, -0.2) is 0 Å². The Morgan fingerprint density at radius 3 is 2.62 bits per heavy atom. The first-order chi connectivity index (χ1) is 6.11. The summed E-state index contributed by atoms with van der Waals surface area (Å²) in [4.78, 5) is 10.7.